The molecule has 5 heteroatoms. The van der Waals surface area contributed by atoms with Gasteiger partial charge in [-0.15, -0.1) is 0 Å². The number of rotatable bonds is 6. The standard InChI is InChI=1S/C31H38N2O3/c34-28(25-4-2-1-3-5-25)26-10-12-33(13-11-26)29(35)27-8-6-21(7-9-27)20-32-30(36)31-17-22-14-23(18-31)16-24(15-22)19-31/h1-9,22-24,26,28,34H,10-20H2,(H,32,36). The minimum atomic E-state index is -0.476. The lowest BCUT2D eigenvalue weighted by molar-refractivity contribution is -0.146. The lowest BCUT2D eigenvalue weighted by Crippen LogP contribution is -2.53. The summed E-state index contributed by atoms with van der Waals surface area (Å²) < 4.78 is 0. The largest absolute Gasteiger partial charge is 0.388 e. The average molecular weight is 487 g/mol. The Balaban J connectivity index is 1.01. The van der Waals surface area contributed by atoms with Gasteiger partial charge in [-0.1, -0.05) is 42.5 Å². The van der Waals surface area contributed by atoms with Crippen LogP contribution in [0.2, 0.25) is 0 Å². The van der Waals surface area contributed by atoms with Gasteiger partial charge in [0, 0.05) is 30.6 Å². The van der Waals surface area contributed by atoms with Crippen LogP contribution >= 0.6 is 0 Å². The van der Waals surface area contributed by atoms with Crippen LogP contribution in [0.15, 0.2) is 54.6 Å². The second kappa shape index (κ2) is 9.66. The molecule has 7 rings (SSSR count). The molecule has 2 amide bonds. The van der Waals surface area contributed by atoms with Crippen molar-refractivity contribution >= 4 is 11.8 Å². The Morgan fingerprint density at radius 3 is 2.06 bits per heavy atom. The van der Waals surface area contributed by atoms with Crippen LogP contribution in [0, 0.1) is 29.1 Å². The summed E-state index contributed by atoms with van der Waals surface area (Å²) in [5.74, 6) is 2.77. The number of carbonyl (C=O) groups excluding carboxylic acids is 2. The molecule has 4 saturated carbocycles. The molecule has 1 aliphatic heterocycles. The van der Waals surface area contributed by atoms with Crippen molar-refractivity contribution in [3.05, 3.63) is 71.3 Å². The van der Waals surface area contributed by atoms with Gasteiger partial charge in [-0.2, -0.15) is 0 Å². The van der Waals surface area contributed by atoms with E-state index in [0.717, 1.165) is 61.0 Å². The van der Waals surface area contributed by atoms with Crippen LogP contribution in [-0.2, 0) is 11.3 Å². The molecule has 4 bridgehead atoms. The molecule has 2 aromatic carbocycles. The molecule has 4 aliphatic carbocycles. The van der Waals surface area contributed by atoms with Crippen LogP contribution in [0.3, 0.4) is 0 Å². The van der Waals surface area contributed by atoms with E-state index < -0.39 is 6.10 Å². The summed E-state index contributed by atoms with van der Waals surface area (Å²) in [5, 5.41) is 14.0. The molecule has 1 heterocycles. The number of amides is 2. The number of nitrogens with one attached hydrogen (secondary N) is 1. The molecule has 5 fully saturated rings. The number of hydrogen-bond acceptors (Lipinski definition) is 3. The first-order chi connectivity index (χ1) is 17.5. The molecule has 5 aliphatic rings. The Kier molecular flexibility index (Phi) is 6.37. The molecule has 1 atom stereocenters. The van der Waals surface area contributed by atoms with Crippen molar-refractivity contribution in [1.82, 2.24) is 10.2 Å². The van der Waals surface area contributed by atoms with Gasteiger partial charge < -0.3 is 15.3 Å². The van der Waals surface area contributed by atoms with E-state index >= 15 is 0 Å². The second-order valence-electron chi connectivity index (χ2n) is 12.1. The van der Waals surface area contributed by atoms with Crippen molar-refractivity contribution in [3.8, 4) is 0 Å². The predicted octanol–water partition coefficient (Wildman–Crippen LogP) is 5.11. The van der Waals surface area contributed by atoms with Crippen LogP contribution in [0.25, 0.3) is 0 Å². The van der Waals surface area contributed by atoms with Gasteiger partial charge in [0.05, 0.1) is 6.10 Å². The first kappa shape index (κ1) is 23.7. The fraction of sp³-hybridized carbons (Fsp3) is 0.548. The number of aliphatic hydroxyl groups is 1. The van der Waals surface area contributed by atoms with Gasteiger partial charge in [0.2, 0.25) is 5.91 Å². The predicted molar refractivity (Wildman–Crippen MR) is 139 cm³/mol. The lowest BCUT2D eigenvalue weighted by atomic mass is 9.49. The Hall–Kier alpha value is -2.66. The third-order valence-corrected chi connectivity index (χ3v) is 9.59. The number of carbonyl (C=O) groups is 2. The first-order valence-corrected chi connectivity index (χ1v) is 13.9. The minimum absolute atomic E-state index is 0.0480. The molecule has 5 nitrogen and oxygen atoms in total. The molecule has 190 valence electrons. The summed E-state index contributed by atoms with van der Waals surface area (Å²) in [6.07, 6.45) is 8.39. The van der Waals surface area contributed by atoms with Crippen molar-refractivity contribution in [2.24, 2.45) is 29.1 Å². The topological polar surface area (TPSA) is 69.6 Å². The molecule has 0 radical (unpaired) electrons. The van der Waals surface area contributed by atoms with Crippen molar-refractivity contribution in [2.45, 2.75) is 64.0 Å². The van der Waals surface area contributed by atoms with Crippen LogP contribution in [-0.4, -0.2) is 34.9 Å². The third kappa shape index (κ3) is 4.58. The molecular formula is C31H38N2O3. The van der Waals surface area contributed by atoms with Crippen molar-refractivity contribution in [1.29, 1.82) is 0 Å². The Morgan fingerprint density at radius 2 is 1.47 bits per heavy atom. The Morgan fingerprint density at radius 1 is 0.889 bits per heavy atom. The maximum atomic E-state index is 13.2. The van der Waals surface area contributed by atoms with Gasteiger partial charge in [0.15, 0.2) is 0 Å². The van der Waals surface area contributed by atoms with E-state index in [1.807, 2.05) is 59.5 Å². The van der Waals surface area contributed by atoms with Gasteiger partial charge >= 0.3 is 0 Å². The number of aliphatic hydroxyl groups excluding tert-OH is 1. The highest BCUT2D eigenvalue weighted by Crippen LogP contribution is 2.60. The fourth-order valence-electron chi connectivity index (χ4n) is 8.05. The summed E-state index contributed by atoms with van der Waals surface area (Å²) in [6.45, 7) is 1.85. The molecule has 2 N–H and O–H groups in total. The number of piperidine rings is 1. The van der Waals surface area contributed by atoms with E-state index in [1.165, 1.54) is 19.3 Å². The number of likely N-dealkylation sites (tertiary alicyclic amines) is 1. The van der Waals surface area contributed by atoms with Gasteiger partial charge in [-0.3, -0.25) is 9.59 Å². The maximum Gasteiger partial charge on any atom is 0.253 e. The number of nitrogens with zero attached hydrogens (tertiary/aromatic N) is 1. The first-order valence-electron chi connectivity index (χ1n) is 13.9. The van der Waals surface area contributed by atoms with E-state index in [4.69, 9.17) is 0 Å². The van der Waals surface area contributed by atoms with E-state index in [9.17, 15) is 14.7 Å². The number of hydrogen-bond donors (Lipinski definition) is 2. The summed E-state index contributed by atoms with van der Waals surface area (Å²) in [7, 11) is 0. The minimum Gasteiger partial charge on any atom is -0.388 e. The van der Waals surface area contributed by atoms with Crippen LogP contribution in [0.4, 0.5) is 0 Å². The SMILES string of the molecule is O=C(c1ccc(CNC(=O)C23CC4CC(CC(C4)C2)C3)cc1)N1CCC(C(O)c2ccccc2)CC1. The summed E-state index contributed by atoms with van der Waals surface area (Å²) in [5.41, 5.74) is 2.56. The second-order valence-corrected chi connectivity index (χ2v) is 12.1. The Labute approximate surface area is 214 Å². The summed E-state index contributed by atoms with van der Waals surface area (Å²) >= 11 is 0. The van der Waals surface area contributed by atoms with Gasteiger partial charge in [0.25, 0.3) is 5.91 Å². The van der Waals surface area contributed by atoms with Crippen molar-refractivity contribution in [3.63, 3.8) is 0 Å². The molecule has 0 aromatic heterocycles. The average Bonchev–Trinajstić information content (AvgIpc) is 2.91. The molecular weight excluding hydrogens is 448 g/mol. The zero-order chi connectivity index (χ0) is 24.7. The zero-order valence-electron chi connectivity index (χ0n) is 21.1. The van der Waals surface area contributed by atoms with Gasteiger partial charge in [0.1, 0.15) is 0 Å². The highest BCUT2D eigenvalue weighted by atomic mass is 16.3. The fourth-order valence-corrected chi connectivity index (χ4v) is 8.05. The third-order valence-electron chi connectivity index (χ3n) is 9.59. The van der Waals surface area contributed by atoms with Gasteiger partial charge in [-0.05, 0) is 98.3 Å². The molecule has 2 aromatic rings. The van der Waals surface area contributed by atoms with E-state index in [1.54, 1.807) is 0 Å². The van der Waals surface area contributed by atoms with Crippen LogP contribution in [0.5, 0.6) is 0 Å². The quantitative estimate of drug-likeness (QED) is 0.597. The molecule has 36 heavy (non-hydrogen) atoms. The monoisotopic (exact) mass is 486 g/mol. The maximum absolute atomic E-state index is 13.2. The highest BCUT2D eigenvalue weighted by Gasteiger charge is 2.54. The van der Waals surface area contributed by atoms with E-state index in [-0.39, 0.29) is 23.1 Å². The molecule has 1 saturated heterocycles. The number of benzene rings is 2. The van der Waals surface area contributed by atoms with Crippen molar-refractivity contribution in [2.75, 3.05) is 13.1 Å². The zero-order valence-corrected chi connectivity index (χ0v) is 21.1. The molecule has 0 spiro atoms. The normalized spacial score (nSPS) is 30.2. The van der Waals surface area contributed by atoms with Gasteiger partial charge in [-0.25, -0.2) is 0 Å². The van der Waals surface area contributed by atoms with E-state index in [0.29, 0.717) is 25.2 Å². The van der Waals surface area contributed by atoms with Crippen LogP contribution in [0.1, 0.15) is 79.0 Å². The van der Waals surface area contributed by atoms with E-state index in [2.05, 4.69) is 5.32 Å². The lowest BCUT2D eigenvalue weighted by Gasteiger charge is -2.55. The smallest absolute Gasteiger partial charge is 0.253 e. The highest BCUT2D eigenvalue weighted by molar-refractivity contribution is 5.94. The van der Waals surface area contributed by atoms with Crippen molar-refractivity contribution < 1.29 is 14.7 Å². The Bertz CT molecular complexity index is 1050. The summed E-state index contributed by atoms with van der Waals surface area (Å²) in [4.78, 5) is 28.2. The summed E-state index contributed by atoms with van der Waals surface area (Å²) in [6, 6.07) is 17.5. The van der Waals surface area contributed by atoms with Crippen LogP contribution < -0.4 is 5.32 Å². The molecule has 1 unspecified atom stereocenters.